The number of carbonyl (C=O) groups is 1. The van der Waals surface area contributed by atoms with Gasteiger partial charge in [0.05, 0.1) is 16.5 Å². The summed E-state index contributed by atoms with van der Waals surface area (Å²) in [5.41, 5.74) is 0.113. The molecule has 1 aromatic rings. The first kappa shape index (κ1) is 16.0. The van der Waals surface area contributed by atoms with Gasteiger partial charge in [-0.3, -0.25) is 4.79 Å². The minimum atomic E-state index is -3.03. The molecule has 1 aliphatic rings. The summed E-state index contributed by atoms with van der Waals surface area (Å²) in [6.07, 6.45) is 1.37. The van der Waals surface area contributed by atoms with Crippen molar-refractivity contribution in [3.63, 3.8) is 0 Å². The van der Waals surface area contributed by atoms with E-state index in [0.717, 1.165) is 13.0 Å². The average Bonchev–Trinajstić information content (AvgIpc) is 2.76. The second-order valence-electron chi connectivity index (χ2n) is 5.03. The van der Waals surface area contributed by atoms with Crippen LogP contribution in [0.4, 0.5) is 5.82 Å². The third-order valence-corrected chi connectivity index (χ3v) is 5.26. The van der Waals surface area contributed by atoms with E-state index in [2.05, 4.69) is 15.6 Å². The molecule has 1 unspecified atom stereocenters. The number of aromatic nitrogens is 1. The van der Waals surface area contributed by atoms with E-state index in [4.69, 9.17) is 11.6 Å². The van der Waals surface area contributed by atoms with Crippen LogP contribution in [0.1, 0.15) is 30.3 Å². The zero-order valence-electron chi connectivity index (χ0n) is 11.7. The molecule has 1 amide bonds. The van der Waals surface area contributed by atoms with Gasteiger partial charge in [-0.2, -0.15) is 0 Å². The Morgan fingerprint density at radius 1 is 1.48 bits per heavy atom. The summed E-state index contributed by atoms with van der Waals surface area (Å²) in [4.78, 5) is 16.4. The minimum absolute atomic E-state index is 0.0237. The van der Waals surface area contributed by atoms with Gasteiger partial charge in [-0.1, -0.05) is 18.5 Å². The Kier molecular flexibility index (Phi) is 5.05. The molecule has 2 N–H and O–H groups in total. The lowest BCUT2D eigenvalue weighted by atomic mass is 10.2. The Labute approximate surface area is 129 Å². The monoisotopic (exact) mass is 331 g/mol. The Morgan fingerprint density at radius 2 is 2.24 bits per heavy atom. The van der Waals surface area contributed by atoms with E-state index in [1.807, 2.05) is 6.92 Å². The van der Waals surface area contributed by atoms with Crippen molar-refractivity contribution in [3.05, 3.63) is 22.8 Å². The van der Waals surface area contributed by atoms with E-state index in [-0.39, 0.29) is 28.3 Å². The van der Waals surface area contributed by atoms with Gasteiger partial charge in [0.15, 0.2) is 9.84 Å². The molecule has 1 aliphatic heterocycles. The number of carbonyl (C=O) groups excluding carboxylic acids is 1. The highest BCUT2D eigenvalue weighted by Gasteiger charge is 2.29. The number of amides is 1. The number of pyridine rings is 1. The highest BCUT2D eigenvalue weighted by Crippen LogP contribution is 2.18. The van der Waals surface area contributed by atoms with Crippen LogP contribution in [-0.4, -0.2) is 43.4 Å². The fourth-order valence-corrected chi connectivity index (χ4v) is 3.98. The molecular weight excluding hydrogens is 314 g/mol. The summed E-state index contributed by atoms with van der Waals surface area (Å²) in [5, 5.41) is 6.01. The highest BCUT2D eigenvalue weighted by atomic mass is 35.5. The van der Waals surface area contributed by atoms with E-state index >= 15 is 0 Å². The number of hydrogen-bond donors (Lipinski definition) is 2. The molecule has 0 aliphatic carbocycles. The molecular formula is C13H18ClN3O3S. The molecule has 1 saturated heterocycles. The third kappa shape index (κ3) is 4.31. The summed E-state index contributed by atoms with van der Waals surface area (Å²) >= 11 is 6.00. The fourth-order valence-electron chi connectivity index (χ4n) is 2.12. The van der Waals surface area contributed by atoms with Gasteiger partial charge in [-0.05, 0) is 25.0 Å². The maximum absolute atomic E-state index is 12.2. The summed E-state index contributed by atoms with van der Waals surface area (Å²) < 4.78 is 22.8. The molecule has 2 rings (SSSR count). The Balaban J connectivity index is 2.08. The number of rotatable bonds is 5. The smallest absolute Gasteiger partial charge is 0.271 e. The molecule has 21 heavy (non-hydrogen) atoms. The minimum Gasteiger partial charge on any atom is -0.370 e. The second kappa shape index (κ2) is 6.62. The number of anilines is 1. The molecule has 116 valence electrons. The van der Waals surface area contributed by atoms with Gasteiger partial charge in [-0.25, -0.2) is 13.4 Å². The number of nitrogens with zero attached hydrogens (tertiary/aromatic N) is 1. The van der Waals surface area contributed by atoms with Crippen molar-refractivity contribution in [1.29, 1.82) is 0 Å². The lowest BCUT2D eigenvalue weighted by Crippen LogP contribution is -2.36. The van der Waals surface area contributed by atoms with Crippen LogP contribution in [0.15, 0.2) is 12.1 Å². The van der Waals surface area contributed by atoms with Crippen LogP contribution in [0.3, 0.4) is 0 Å². The van der Waals surface area contributed by atoms with Crippen LogP contribution in [0.2, 0.25) is 5.02 Å². The van der Waals surface area contributed by atoms with Crippen molar-refractivity contribution in [2.45, 2.75) is 25.8 Å². The SMILES string of the molecule is CCCNc1ccc(Cl)c(C(=O)NC2CCS(=O)(=O)C2)n1. The van der Waals surface area contributed by atoms with Crippen molar-refractivity contribution < 1.29 is 13.2 Å². The molecule has 1 fully saturated rings. The van der Waals surface area contributed by atoms with E-state index in [1.165, 1.54) is 0 Å². The van der Waals surface area contributed by atoms with Gasteiger partial charge in [0, 0.05) is 12.6 Å². The second-order valence-corrected chi connectivity index (χ2v) is 7.66. The normalized spacial score (nSPS) is 20.2. The van der Waals surface area contributed by atoms with E-state index < -0.39 is 15.7 Å². The zero-order chi connectivity index (χ0) is 15.5. The summed E-state index contributed by atoms with van der Waals surface area (Å²) in [6.45, 7) is 2.77. The number of hydrogen-bond acceptors (Lipinski definition) is 5. The van der Waals surface area contributed by atoms with Gasteiger partial charge in [-0.15, -0.1) is 0 Å². The molecule has 0 saturated carbocycles. The molecule has 0 bridgehead atoms. The van der Waals surface area contributed by atoms with Crippen LogP contribution in [0, 0.1) is 0 Å². The van der Waals surface area contributed by atoms with Gasteiger partial charge in [0.2, 0.25) is 0 Å². The Hall–Kier alpha value is -1.34. The van der Waals surface area contributed by atoms with Crippen molar-refractivity contribution in [1.82, 2.24) is 10.3 Å². The molecule has 8 heteroatoms. The molecule has 2 heterocycles. The van der Waals surface area contributed by atoms with Gasteiger partial charge >= 0.3 is 0 Å². The first-order valence-electron chi connectivity index (χ1n) is 6.83. The largest absolute Gasteiger partial charge is 0.370 e. The number of nitrogens with one attached hydrogen (secondary N) is 2. The average molecular weight is 332 g/mol. The third-order valence-electron chi connectivity index (χ3n) is 3.18. The predicted molar refractivity (Wildman–Crippen MR) is 82.6 cm³/mol. The summed E-state index contributed by atoms with van der Waals surface area (Å²) in [6, 6.07) is 2.94. The lowest BCUT2D eigenvalue weighted by Gasteiger charge is -2.12. The standard InChI is InChI=1S/C13H18ClN3O3S/c1-2-6-15-11-4-3-10(14)12(17-11)13(18)16-9-5-7-21(19,20)8-9/h3-4,9H,2,5-8H2,1H3,(H,15,17)(H,16,18). The lowest BCUT2D eigenvalue weighted by molar-refractivity contribution is 0.0936. The van der Waals surface area contributed by atoms with Crippen LogP contribution in [0.25, 0.3) is 0 Å². The maximum atomic E-state index is 12.2. The van der Waals surface area contributed by atoms with E-state index in [0.29, 0.717) is 12.2 Å². The first-order valence-corrected chi connectivity index (χ1v) is 9.03. The van der Waals surface area contributed by atoms with Gasteiger partial charge < -0.3 is 10.6 Å². The van der Waals surface area contributed by atoms with Crippen molar-refractivity contribution in [2.24, 2.45) is 0 Å². The zero-order valence-corrected chi connectivity index (χ0v) is 13.3. The van der Waals surface area contributed by atoms with Crippen molar-refractivity contribution in [2.75, 3.05) is 23.4 Å². The quantitative estimate of drug-likeness (QED) is 0.853. The van der Waals surface area contributed by atoms with Gasteiger partial charge in [0.25, 0.3) is 5.91 Å². The van der Waals surface area contributed by atoms with Crippen LogP contribution in [0.5, 0.6) is 0 Å². The fraction of sp³-hybridized carbons (Fsp3) is 0.538. The Morgan fingerprint density at radius 3 is 2.86 bits per heavy atom. The number of halogens is 1. The van der Waals surface area contributed by atoms with Crippen molar-refractivity contribution >= 4 is 33.2 Å². The topological polar surface area (TPSA) is 88.2 Å². The number of sulfone groups is 1. The molecule has 1 atom stereocenters. The maximum Gasteiger partial charge on any atom is 0.271 e. The summed E-state index contributed by atoms with van der Waals surface area (Å²) in [7, 11) is -3.03. The van der Waals surface area contributed by atoms with Gasteiger partial charge in [0.1, 0.15) is 11.5 Å². The predicted octanol–water partition coefficient (Wildman–Crippen LogP) is 1.47. The molecule has 1 aromatic heterocycles. The van der Waals surface area contributed by atoms with Crippen LogP contribution in [-0.2, 0) is 9.84 Å². The van der Waals surface area contributed by atoms with E-state index in [1.54, 1.807) is 12.1 Å². The molecule has 0 aromatic carbocycles. The molecule has 6 nitrogen and oxygen atoms in total. The Bertz CT molecular complexity index is 634. The molecule has 0 radical (unpaired) electrons. The van der Waals surface area contributed by atoms with E-state index in [9.17, 15) is 13.2 Å². The molecule has 0 spiro atoms. The summed E-state index contributed by atoms with van der Waals surface area (Å²) in [5.74, 6) is 0.217. The van der Waals surface area contributed by atoms with Crippen molar-refractivity contribution in [3.8, 4) is 0 Å². The highest BCUT2D eigenvalue weighted by molar-refractivity contribution is 7.91. The van der Waals surface area contributed by atoms with Crippen LogP contribution < -0.4 is 10.6 Å². The first-order chi connectivity index (χ1) is 9.91. The van der Waals surface area contributed by atoms with Crippen LogP contribution >= 0.6 is 11.6 Å².